The van der Waals surface area contributed by atoms with Gasteiger partial charge in [-0.3, -0.25) is 0 Å². The zero-order valence-corrected chi connectivity index (χ0v) is 19.2. The number of carbonyl (C=O) groups is 4. The van der Waals surface area contributed by atoms with Crippen LogP contribution in [0.1, 0.15) is 67.2 Å². The van der Waals surface area contributed by atoms with Gasteiger partial charge in [0.1, 0.15) is 23.3 Å². The van der Waals surface area contributed by atoms with Gasteiger partial charge in [0.2, 0.25) is 0 Å². The molecule has 0 saturated carbocycles. The fourth-order valence-electron chi connectivity index (χ4n) is 2.38. The molecule has 0 spiro atoms. The maximum Gasteiger partial charge on any atom is 0.408 e. The molecule has 0 aromatic rings. The van der Waals surface area contributed by atoms with E-state index < -0.39 is 47.4 Å². The van der Waals surface area contributed by atoms with E-state index in [9.17, 15) is 19.2 Å². The normalized spacial score (nSPS) is 13.5. The molecule has 2 atom stereocenters. The molecule has 0 fully saturated rings. The van der Waals surface area contributed by atoms with E-state index in [0.29, 0.717) is 12.8 Å². The van der Waals surface area contributed by atoms with Crippen LogP contribution in [-0.4, -0.2) is 61.6 Å². The molecule has 0 aliphatic heterocycles. The van der Waals surface area contributed by atoms with E-state index in [-0.39, 0.29) is 12.8 Å². The Morgan fingerprint density at radius 2 is 0.967 bits per heavy atom. The first kappa shape index (κ1) is 27.5. The predicted octanol–water partition coefficient (Wildman–Crippen LogP) is 2.68. The summed E-state index contributed by atoms with van der Waals surface area (Å²) in [6.07, 6.45) is 0.0326. The molecule has 0 aromatic carbocycles. The van der Waals surface area contributed by atoms with E-state index in [2.05, 4.69) is 10.6 Å². The summed E-state index contributed by atoms with van der Waals surface area (Å²) in [5.41, 5.74) is -1.41. The van der Waals surface area contributed by atoms with E-state index in [1.807, 2.05) is 0 Å². The van der Waals surface area contributed by atoms with Crippen molar-refractivity contribution in [2.45, 2.75) is 90.5 Å². The first-order chi connectivity index (χ1) is 13.7. The van der Waals surface area contributed by atoms with E-state index in [1.165, 1.54) is 14.2 Å². The van der Waals surface area contributed by atoms with Gasteiger partial charge in [-0.15, -0.1) is 0 Å². The van der Waals surface area contributed by atoms with Gasteiger partial charge < -0.3 is 29.6 Å². The summed E-state index contributed by atoms with van der Waals surface area (Å²) in [7, 11) is 2.45. The number of esters is 2. The number of amides is 2. The molecule has 0 aliphatic carbocycles. The highest BCUT2D eigenvalue weighted by atomic mass is 16.6. The summed E-state index contributed by atoms with van der Waals surface area (Å²) in [5, 5.41) is 4.97. The molecule has 0 radical (unpaired) electrons. The zero-order valence-electron chi connectivity index (χ0n) is 19.2. The van der Waals surface area contributed by atoms with Crippen LogP contribution in [0.4, 0.5) is 9.59 Å². The molecule has 0 bridgehead atoms. The van der Waals surface area contributed by atoms with Crippen molar-refractivity contribution in [3.05, 3.63) is 0 Å². The second-order valence-electron chi connectivity index (χ2n) is 8.73. The van der Waals surface area contributed by atoms with Crippen molar-refractivity contribution < 1.29 is 38.1 Å². The lowest BCUT2D eigenvalue weighted by Gasteiger charge is -2.23. The first-order valence-electron chi connectivity index (χ1n) is 9.83. The van der Waals surface area contributed by atoms with Gasteiger partial charge in [0.05, 0.1) is 14.2 Å². The van der Waals surface area contributed by atoms with Crippen LogP contribution < -0.4 is 10.6 Å². The molecule has 10 heteroatoms. The number of unbranched alkanes of at least 4 members (excludes halogenated alkanes) is 1. The van der Waals surface area contributed by atoms with Gasteiger partial charge in [-0.05, 0) is 54.4 Å². The van der Waals surface area contributed by atoms with Crippen LogP contribution in [0.5, 0.6) is 0 Å². The SMILES string of the molecule is COC(=O)[C@H](CCCC[C@H](NC(=O)OC(C)(C)C)C(=O)OC)NC(=O)OC(C)(C)C. The smallest absolute Gasteiger partial charge is 0.408 e. The Balaban J connectivity index is 4.74. The summed E-state index contributed by atoms with van der Waals surface area (Å²) in [6.45, 7) is 10.3. The average molecular weight is 433 g/mol. The Hall–Kier alpha value is -2.52. The maximum atomic E-state index is 11.9. The molecule has 30 heavy (non-hydrogen) atoms. The number of hydrogen-bond acceptors (Lipinski definition) is 8. The lowest BCUT2D eigenvalue weighted by atomic mass is 10.0. The van der Waals surface area contributed by atoms with Crippen LogP contribution in [0.2, 0.25) is 0 Å². The average Bonchev–Trinajstić information content (AvgIpc) is 2.58. The van der Waals surface area contributed by atoms with E-state index in [4.69, 9.17) is 18.9 Å². The van der Waals surface area contributed by atoms with Crippen LogP contribution >= 0.6 is 0 Å². The largest absolute Gasteiger partial charge is 0.467 e. The second-order valence-corrected chi connectivity index (χ2v) is 8.73. The van der Waals surface area contributed by atoms with Crippen molar-refractivity contribution in [1.82, 2.24) is 10.6 Å². The van der Waals surface area contributed by atoms with Crippen molar-refractivity contribution in [3.63, 3.8) is 0 Å². The Labute approximate surface area is 178 Å². The molecule has 0 saturated heterocycles. The Morgan fingerprint density at radius 1 is 0.667 bits per heavy atom. The van der Waals surface area contributed by atoms with Gasteiger partial charge in [-0.2, -0.15) is 0 Å². The molecule has 0 aliphatic rings. The lowest BCUT2D eigenvalue weighted by Crippen LogP contribution is -2.44. The quantitative estimate of drug-likeness (QED) is 0.323. The van der Waals surface area contributed by atoms with Crippen LogP contribution in [0.3, 0.4) is 0 Å². The molecule has 2 amide bonds. The Morgan fingerprint density at radius 3 is 1.20 bits per heavy atom. The third-order valence-corrected chi connectivity index (χ3v) is 3.59. The minimum atomic E-state index is -0.889. The van der Waals surface area contributed by atoms with E-state index in [1.54, 1.807) is 41.5 Å². The number of methoxy groups -OCH3 is 2. The standard InChI is InChI=1S/C20H36N2O8/c1-19(2,3)29-17(25)21-13(15(23)27-7)11-9-10-12-14(16(24)28-8)22-18(26)30-20(4,5)6/h13-14H,9-12H2,1-8H3,(H,21,25)(H,22,26)/t13-,14-/m0/s1. The van der Waals surface area contributed by atoms with E-state index >= 15 is 0 Å². The molecule has 2 N–H and O–H groups in total. The molecule has 0 aromatic heterocycles. The number of carbonyl (C=O) groups excluding carboxylic acids is 4. The molecule has 0 unspecified atom stereocenters. The number of ether oxygens (including phenoxy) is 4. The number of hydrogen-bond donors (Lipinski definition) is 2. The molecular formula is C20H36N2O8. The molecule has 10 nitrogen and oxygen atoms in total. The van der Waals surface area contributed by atoms with Crippen molar-refractivity contribution in [2.75, 3.05) is 14.2 Å². The van der Waals surface area contributed by atoms with Crippen LogP contribution in [-0.2, 0) is 28.5 Å². The zero-order chi connectivity index (χ0) is 23.5. The van der Waals surface area contributed by atoms with Gasteiger partial charge in [0.25, 0.3) is 0 Å². The van der Waals surface area contributed by atoms with Gasteiger partial charge >= 0.3 is 24.1 Å². The van der Waals surface area contributed by atoms with Gasteiger partial charge in [-0.1, -0.05) is 12.8 Å². The summed E-state index contributed by atoms with van der Waals surface area (Å²) >= 11 is 0. The first-order valence-corrected chi connectivity index (χ1v) is 9.83. The van der Waals surface area contributed by atoms with Crippen molar-refractivity contribution in [3.8, 4) is 0 Å². The molecular weight excluding hydrogens is 396 g/mol. The highest BCUT2D eigenvalue weighted by Gasteiger charge is 2.27. The van der Waals surface area contributed by atoms with Crippen LogP contribution in [0.15, 0.2) is 0 Å². The maximum absolute atomic E-state index is 11.9. The van der Waals surface area contributed by atoms with E-state index in [0.717, 1.165) is 0 Å². The molecule has 0 rings (SSSR count). The van der Waals surface area contributed by atoms with Crippen molar-refractivity contribution in [1.29, 1.82) is 0 Å². The summed E-state index contributed by atoms with van der Waals surface area (Å²) < 4.78 is 19.8. The van der Waals surface area contributed by atoms with Crippen molar-refractivity contribution in [2.24, 2.45) is 0 Å². The topological polar surface area (TPSA) is 129 Å². The monoisotopic (exact) mass is 432 g/mol. The fraction of sp³-hybridized carbons (Fsp3) is 0.800. The highest BCUT2D eigenvalue weighted by Crippen LogP contribution is 2.12. The summed E-state index contributed by atoms with van der Waals surface area (Å²) in [6, 6.07) is -1.78. The second kappa shape index (κ2) is 12.2. The lowest BCUT2D eigenvalue weighted by molar-refractivity contribution is -0.144. The minimum Gasteiger partial charge on any atom is -0.467 e. The number of alkyl carbamates (subject to hydrolysis) is 2. The van der Waals surface area contributed by atoms with Crippen LogP contribution in [0.25, 0.3) is 0 Å². The third kappa shape index (κ3) is 12.8. The number of nitrogens with one attached hydrogen (secondary N) is 2. The van der Waals surface area contributed by atoms with Crippen molar-refractivity contribution >= 4 is 24.1 Å². The predicted molar refractivity (Wildman–Crippen MR) is 109 cm³/mol. The third-order valence-electron chi connectivity index (χ3n) is 3.59. The molecule has 0 heterocycles. The van der Waals surface area contributed by atoms with Gasteiger partial charge in [0.15, 0.2) is 0 Å². The Kier molecular flexibility index (Phi) is 11.2. The Bertz CT molecular complexity index is 541. The van der Waals surface area contributed by atoms with Crippen LogP contribution in [0, 0.1) is 0 Å². The summed E-state index contributed by atoms with van der Waals surface area (Å²) in [4.78, 5) is 47.7. The molecule has 174 valence electrons. The minimum absolute atomic E-state index is 0.270. The number of rotatable bonds is 9. The van der Waals surface area contributed by atoms with Gasteiger partial charge in [0, 0.05) is 0 Å². The highest BCUT2D eigenvalue weighted by molar-refractivity contribution is 5.82. The summed E-state index contributed by atoms with van der Waals surface area (Å²) in [5.74, 6) is -1.20. The fourth-order valence-corrected chi connectivity index (χ4v) is 2.38. The van der Waals surface area contributed by atoms with Gasteiger partial charge in [-0.25, -0.2) is 19.2 Å².